The van der Waals surface area contributed by atoms with E-state index in [0.29, 0.717) is 6.07 Å². The first-order valence-corrected chi connectivity index (χ1v) is 7.80. The number of nitrogens with zero attached hydrogens (tertiary/aromatic N) is 3. The van der Waals surface area contributed by atoms with E-state index in [-0.39, 0.29) is 10.6 Å². The molecule has 0 amide bonds. The number of nitrogens with one attached hydrogen (secondary N) is 1. The van der Waals surface area contributed by atoms with Crippen LogP contribution in [0, 0.1) is 30.3 Å². The summed E-state index contributed by atoms with van der Waals surface area (Å²) in [5.74, 6) is 0. The van der Waals surface area contributed by atoms with Crippen molar-refractivity contribution in [2.45, 2.75) is 4.90 Å². The molecule has 0 aromatic heterocycles. The molecule has 0 fully saturated rings. The van der Waals surface area contributed by atoms with Gasteiger partial charge in [0.1, 0.15) is 5.69 Å². The third-order valence-electron chi connectivity index (χ3n) is 2.99. The number of anilines is 1. The number of hydrogen-bond donors (Lipinski definition) is 1. The van der Waals surface area contributed by atoms with E-state index in [9.17, 15) is 38.8 Å². The molecule has 12 nitrogen and oxygen atoms in total. The average molecular weight is 368 g/mol. The van der Waals surface area contributed by atoms with Crippen LogP contribution in [0.15, 0.2) is 47.4 Å². The second kappa shape index (κ2) is 6.48. The molecule has 2 aromatic rings. The summed E-state index contributed by atoms with van der Waals surface area (Å²) >= 11 is 0. The van der Waals surface area contributed by atoms with Crippen LogP contribution < -0.4 is 4.72 Å². The normalized spacial score (nSPS) is 10.9. The Balaban J connectivity index is 2.41. The third kappa shape index (κ3) is 3.84. The summed E-state index contributed by atoms with van der Waals surface area (Å²) in [6.45, 7) is 0. The minimum Gasteiger partial charge on any atom is -0.273 e. The summed E-state index contributed by atoms with van der Waals surface area (Å²) < 4.78 is 26.4. The van der Waals surface area contributed by atoms with Gasteiger partial charge in [0, 0.05) is 18.2 Å². The highest BCUT2D eigenvalue weighted by molar-refractivity contribution is 7.92. The molecule has 0 aliphatic heterocycles. The molecule has 0 radical (unpaired) electrons. The van der Waals surface area contributed by atoms with Crippen molar-refractivity contribution in [2.75, 3.05) is 4.72 Å². The largest absolute Gasteiger partial charge is 0.300 e. The Morgan fingerprint density at radius 3 is 1.76 bits per heavy atom. The molecule has 0 bridgehead atoms. The maximum atomic E-state index is 12.2. The number of hydrogen-bond acceptors (Lipinski definition) is 8. The lowest BCUT2D eigenvalue weighted by atomic mass is 10.2. The van der Waals surface area contributed by atoms with Crippen molar-refractivity contribution in [2.24, 2.45) is 0 Å². The van der Waals surface area contributed by atoms with Crippen LogP contribution in [0.3, 0.4) is 0 Å². The fraction of sp³-hybridized carbons (Fsp3) is 0. The first-order chi connectivity index (χ1) is 11.6. The Kier molecular flexibility index (Phi) is 4.60. The average Bonchev–Trinajstić information content (AvgIpc) is 2.54. The zero-order chi connectivity index (χ0) is 18.8. The van der Waals surface area contributed by atoms with Gasteiger partial charge in [-0.15, -0.1) is 0 Å². The maximum Gasteiger partial charge on any atom is 0.300 e. The number of sulfonamides is 1. The van der Waals surface area contributed by atoms with Crippen LogP contribution in [0.2, 0.25) is 0 Å². The van der Waals surface area contributed by atoms with Gasteiger partial charge in [-0.25, -0.2) is 8.42 Å². The molecule has 0 aliphatic rings. The highest BCUT2D eigenvalue weighted by Gasteiger charge is 2.24. The Morgan fingerprint density at radius 2 is 1.28 bits per heavy atom. The number of nitro groups is 3. The van der Waals surface area contributed by atoms with Gasteiger partial charge in [0.05, 0.1) is 25.7 Å². The van der Waals surface area contributed by atoms with Crippen LogP contribution in [0.25, 0.3) is 0 Å². The van der Waals surface area contributed by atoms with Crippen LogP contribution in [0.5, 0.6) is 0 Å². The van der Waals surface area contributed by atoms with Gasteiger partial charge >= 0.3 is 0 Å². The van der Waals surface area contributed by atoms with Crippen molar-refractivity contribution in [3.63, 3.8) is 0 Å². The molecule has 0 unspecified atom stereocenters. The Bertz CT molecular complexity index is 971. The van der Waals surface area contributed by atoms with Crippen molar-refractivity contribution in [1.82, 2.24) is 0 Å². The number of rotatable bonds is 6. The predicted octanol–water partition coefficient (Wildman–Crippen LogP) is 2.21. The minimum absolute atomic E-state index is 0.333. The lowest BCUT2D eigenvalue weighted by Gasteiger charge is -2.08. The van der Waals surface area contributed by atoms with E-state index < -0.39 is 41.9 Å². The second-order valence-electron chi connectivity index (χ2n) is 4.57. The van der Waals surface area contributed by atoms with Gasteiger partial charge in [-0.1, -0.05) is 0 Å². The summed E-state index contributed by atoms with van der Waals surface area (Å²) in [6, 6.07) is 6.24. The summed E-state index contributed by atoms with van der Waals surface area (Å²) in [7, 11) is -4.29. The highest BCUT2D eigenvalue weighted by Crippen LogP contribution is 2.30. The molecular weight excluding hydrogens is 360 g/mol. The molecular formula is C12H8N4O8S. The first kappa shape index (κ1) is 17.7. The molecule has 2 rings (SSSR count). The molecule has 25 heavy (non-hydrogen) atoms. The maximum absolute atomic E-state index is 12.2. The standard InChI is InChI=1S/C12H8N4O8S/c17-14(18)8-1-4-10(5-2-8)25(23,24)13-11-6-3-9(15(19)20)7-12(11)16(21)22/h1-7,13H. The fourth-order valence-electron chi connectivity index (χ4n) is 1.82. The molecule has 0 saturated carbocycles. The lowest BCUT2D eigenvalue weighted by Crippen LogP contribution is -2.14. The molecule has 130 valence electrons. The molecule has 0 atom stereocenters. The first-order valence-electron chi connectivity index (χ1n) is 6.32. The molecule has 0 aliphatic carbocycles. The van der Waals surface area contributed by atoms with Crippen LogP contribution >= 0.6 is 0 Å². The van der Waals surface area contributed by atoms with Gasteiger partial charge in [-0.2, -0.15) is 0 Å². The summed E-state index contributed by atoms with van der Waals surface area (Å²) in [5.41, 5.74) is -2.20. The van der Waals surface area contributed by atoms with Crippen molar-refractivity contribution in [1.29, 1.82) is 0 Å². The number of non-ortho nitro benzene ring substituents is 2. The Morgan fingerprint density at radius 1 is 0.760 bits per heavy atom. The Labute approximate surface area is 139 Å². The minimum atomic E-state index is -4.29. The van der Waals surface area contributed by atoms with Crippen molar-refractivity contribution in [3.05, 3.63) is 72.8 Å². The summed E-state index contributed by atoms with van der Waals surface area (Å²) in [4.78, 5) is 29.3. The van der Waals surface area contributed by atoms with Crippen LogP contribution in [-0.4, -0.2) is 23.2 Å². The van der Waals surface area contributed by atoms with Crippen LogP contribution in [-0.2, 0) is 10.0 Å². The van der Waals surface area contributed by atoms with E-state index >= 15 is 0 Å². The van der Waals surface area contributed by atoms with Gasteiger partial charge in [0.15, 0.2) is 0 Å². The lowest BCUT2D eigenvalue weighted by molar-refractivity contribution is -0.393. The molecule has 13 heteroatoms. The molecule has 0 spiro atoms. The van der Waals surface area contributed by atoms with E-state index in [1.165, 1.54) is 0 Å². The van der Waals surface area contributed by atoms with Gasteiger partial charge < -0.3 is 0 Å². The number of benzene rings is 2. The van der Waals surface area contributed by atoms with E-state index in [0.717, 1.165) is 36.4 Å². The quantitative estimate of drug-likeness (QED) is 0.596. The van der Waals surface area contributed by atoms with Gasteiger partial charge in [-0.05, 0) is 18.2 Å². The zero-order valence-electron chi connectivity index (χ0n) is 12.1. The molecule has 1 N–H and O–H groups in total. The molecule has 0 saturated heterocycles. The van der Waals surface area contributed by atoms with E-state index in [1.54, 1.807) is 0 Å². The molecule has 0 heterocycles. The second-order valence-corrected chi connectivity index (χ2v) is 6.25. The SMILES string of the molecule is O=[N+]([O-])c1ccc(S(=O)(=O)Nc2ccc([N+](=O)[O-])cc2[N+](=O)[O-])cc1. The monoisotopic (exact) mass is 368 g/mol. The van der Waals surface area contributed by atoms with Crippen LogP contribution in [0.1, 0.15) is 0 Å². The number of nitro benzene ring substituents is 3. The van der Waals surface area contributed by atoms with Crippen LogP contribution in [0.4, 0.5) is 22.7 Å². The summed E-state index contributed by atoms with van der Waals surface area (Å²) in [6.07, 6.45) is 0. The Hall–Kier alpha value is -3.61. The van der Waals surface area contributed by atoms with E-state index in [2.05, 4.69) is 0 Å². The van der Waals surface area contributed by atoms with Crippen molar-refractivity contribution in [3.8, 4) is 0 Å². The van der Waals surface area contributed by atoms with Crippen molar-refractivity contribution >= 4 is 32.8 Å². The highest BCUT2D eigenvalue weighted by atomic mass is 32.2. The third-order valence-corrected chi connectivity index (χ3v) is 4.37. The van der Waals surface area contributed by atoms with Gasteiger partial charge in [-0.3, -0.25) is 35.1 Å². The summed E-state index contributed by atoms with van der Waals surface area (Å²) in [5, 5.41) is 32.3. The smallest absolute Gasteiger partial charge is 0.273 e. The topological polar surface area (TPSA) is 176 Å². The predicted molar refractivity (Wildman–Crippen MR) is 83.7 cm³/mol. The fourth-order valence-corrected chi connectivity index (χ4v) is 2.90. The molecule has 2 aromatic carbocycles. The van der Waals surface area contributed by atoms with Gasteiger partial charge in [0.2, 0.25) is 0 Å². The zero-order valence-corrected chi connectivity index (χ0v) is 12.9. The van der Waals surface area contributed by atoms with Gasteiger partial charge in [0.25, 0.3) is 27.1 Å². The van der Waals surface area contributed by atoms with Crippen molar-refractivity contribution < 1.29 is 23.2 Å². The van der Waals surface area contributed by atoms with E-state index in [1.807, 2.05) is 4.72 Å². The van der Waals surface area contributed by atoms with E-state index in [4.69, 9.17) is 0 Å².